The highest BCUT2D eigenvalue weighted by Gasteiger charge is 2.08. The average Bonchev–Trinajstić information content (AvgIpc) is 2.83. The summed E-state index contributed by atoms with van der Waals surface area (Å²) >= 11 is 1.70. The van der Waals surface area contributed by atoms with Crippen LogP contribution < -0.4 is 14.8 Å². The number of nitrogens with zero attached hydrogens (tertiary/aromatic N) is 1. The summed E-state index contributed by atoms with van der Waals surface area (Å²) in [6.45, 7) is 7.68. The van der Waals surface area contributed by atoms with Crippen molar-refractivity contribution >= 4 is 11.3 Å². The molecule has 0 saturated heterocycles. The van der Waals surface area contributed by atoms with Crippen molar-refractivity contribution < 1.29 is 9.47 Å². The Balaban J connectivity index is 1.95. The van der Waals surface area contributed by atoms with E-state index < -0.39 is 0 Å². The Bertz CT molecular complexity index is 581. The summed E-state index contributed by atoms with van der Waals surface area (Å²) in [5, 5.41) is 4.41. The van der Waals surface area contributed by atoms with Gasteiger partial charge >= 0.3 is 0 Å². The van der Waals surface area contributed by atoms with E-state index in [1.54, 1.807) is 18.4 Å². The molecular formula is C16H22N2O2S. The number of hydrogen-bond donors (Lipinski definition) is 1. The average molecular weight is 306 g/mol. The highest BCUT2D eigenvalue weighted by molar-refractivity contribution is 7.11. The van der Waals surface area contributed by atoms with Crippen LogP contribution in [0, 0.1) is 6.92 Å². The molecule has 0 bridgehead atoms. The van der Waals surface area contributed by atoms with Gasteiger partial charge in [-0.3, -0.25) is 0 Å². The van der Waals surface area contributed by atoms with E-state index in [4.69, 9.17) is 9.47 Å². The maximum Gasteiger partial charge on any atom is 0.140 e. The van der Waals surface area contributed by atoms with Gasteiger partial charge in [0.15, 0.2) is 0 Å². The molecule has 2 aromatic rings. The molecule has 2 rings (SSSR count). The van der Waals surface area contributed by atoms with E-state index in [0.717, 1.165) is 28.7 Å². The van der Waals surface area contributed by atoms with Crippen molar-refractivity contribution in [1.29, 1.82) is 0 Å². The molecule has 0 aliphatic rings. The zero-order chi connectivity index (χ0) is 15.2. The minimum atomic E-state index is 0.475. The maximum atomic E-state index is 5.78. The third-order valence-corrected chi connectivity index (χ3v) is 4.14. The third-order valence-electron chi connectivity index (χ3n) is 3.01. The minimum absolute atomic E-state index is 0.475. The molecule has 0 radical (unpaired) electrons. The molecule has 0 aliphatic carbocycles. The van der Waals surface area contributed by atoms with Crippen molar-refractivity contribution in [2.24, 2.45) is 0 Å². The van der Waals surface area contributed by atoms with Gasteiger partial charge in [0.25, 0.3) is 0 Å². The van der Waals surface area contributed by atoms with E-state index >= 15 is 0 Å². The first-order valence-corrected chi connectivity index (χ1v) is 7.85. The van der Waals surface area contributed by atoms with E-state index in [1.807, 2.05) is 31.2 Å². The van der Waals surface area contributed by atoms with E-state index in [-0.39, 0.29) is 0 Å². The van der Waals surface area contributed by atoms with Gasteiger partial charge in [0, 0.05) is 23.5 Å². The predicted molar refractivity (Wildman–Crippen MR) is 86.2 cm³/mol. The van der Waals surface area contributed by atoms with Crippen LogP contribution in [0.3, 0.4) is 0 Å². The van der Waals surface area contributed by atoms with Crippen LogP contribution in [0.1, 0.15) is 29.4 Å². The van der Waals surface area contributed by atoms with Crippen molar-refractivity contribution in [3.63, 3.8) is 0 Å². The van der Waals surface area contributed by atoms with Gasteiger partial charge in [-0.1, -0.05) is 19.9 Å². The summed E-state index contributed by atoms with van der Waals surface area (Å²) in [4.78, 5) is 5.84. The SMILES string of the molecule is COc1cccc(OCc2nc(C)c(CNC(C)C)s2)c1. The largest absolute Gasteiger partial charge is 0.497 e. The first kappa shape index (κ1) is 15.8. The Labute approximate surface area is 130 Å². The summed E-state index contributed by atoms with van der Waals surface area (Å²) in [6, 6.07) is 8.09. The fourth-order valence-electron chi connectivity index (χ4n) is 1.85. The highest BCUT2D eigenvalue weighted by atomic mass is 32.1. The zero-order valence-corrected chi connectivity index (χ0v) is 13.8. The lowest BCUT2D eigenvalue weighted by molar-refractivity contribution is 0.303. The van der Waals surface area contributed by atoms with Gasteiger partial charge in [-0.05, 0) is 19.1 Å². The van der Waals surface area contributed by atoms with E-state index in [1.165, 1.54) is 4.88 Å². The Morgan fingerprint density at radius 1 is 1.29 bits per heavy atom. The molecule has 0 fully saturated rings. The first-order valence-electron chi connectivity index (χ1n) is 7.04. The van der Waals surface area contributed by atoms with Crippen molar-refractivity contribution in [1.82, 2.24) is 10.3 Å². The summed E-state index contributed by atoms with van der Waals surface area (Å²) in [7, 11) is 1.65. The van der Waals surface area contributed by atoms with E-state index in [0.29, 0.717) is 12.6 Å². The second-order valence-corrected chi connectivity index (χ2v) is 6.29. The molecule has 0 atom stereocenters. The smallest absolute Gasteiger partial charge is 0.140 e. The molecule has 1 N–H and O–H groups in total. The molecule has 5 heteroatoms. The summed E-state index contributed by atoms with van der Waals surface area (Å²) in [6.07, 6.45) is 0. The quantitative estimate of drug-likeness (QED) is 0.850. The predicted octanol–water partition coefficient (Wildman–Crippen LogP) is 3.54. The molecule has 0 amide bonds. The van der Waals surface area contributed by atoms with Crippen LogP contribution in [0.25, 0.3) is 0 Å². The normalized spacial score (nSPS) is 10.9. The molecule has 0 saturated carbocycles. The maximum absolute atomic E-state index is 5.78. The highest BCUT2D eigenvalue weighted by Crippen LogP contribution is 2.22. The number of nitrogens with one attached hydrogen (secondary N) is 1. The van der Waals surface area contributed by atoms with E-state index in [9.17, 15) is 0 Å². The van der Waals surface area contributed by atoms with E-state index in [2.05, 4.69) is 24.1 Å². The number of rotatable bonds is 7. The number of methoxy groups -OCH3 is 1. The summed E-state index contributed by atoms with van der Waals surface area (Å²) in [5.74, 6) is 1.59. The Morgan fingerprint density at radius 3 is 2.76 bits per heavy atom. The standard InChI is InChI=1S/C16H22N2O2S/c1-11(2)17-9-15-12(3)18-16(21-15)10-20-14-7-5-6-13(8-14)19-4/h5-8,11,17H,9-10H2,1-4H3. The van der Waals surface area contributed by atoms with Crippen LogP contribution in [0.2, 0.25) is 0 Å². The lowest BCUT2D eigenvalue weighted by atomic mass is 10.3. The number of ether oxygens (including phenoxy) is 2. The minimum Gasteiger partial charge on any atom is -0.497 e. The first-order chi connectivity index (χ1) is 10.1. The van der Waals surface area contributed by atoms with Gasteiger partial charge in [-0.2, -0.15) is 0 Å². The molecule has 0 aliphatic heterocycles. The summed E-state index contributed by atoms with van der Waals surface area (Å²) < 4.78 is 11.0. The topological polar surface area (TPSA) is 43.4 Å². The van der Waals surface area contributed by atoms with Crippen LogP contribution in [0.4, 0.5) is 0 Å². The van der Waals surface area contributed by atoms with Crippen molar-refractivity contribution in [2.75, 3.05) is 7.11 Å². The number of thiazole rings is 1. The molecule has 114 valence electrons. The molecule has 21 heavy (non-hydrogen) atoms. The second kappa shape index (κ2) is 7.43. The fraction of sp³-hybridized carbons (Fsp3) is 0.438. The van der Waals surface area contributed by atoms with Crippen molar-refractivity contribution in [3.8, 4) is 11.5 Å². The third kappa shape index (κ3) is 4.72. The van der Waals surface area contributed by atoms with Crippen molar-refractivity contribution in [2.45, 2.75) is 40.0 Å². The van der Waals surface area contributed by atoms with Crippen LogP contribution in [-0.4, -0.2) is 18.1 Å². The molecular weight excluding hydrogens is 284 g/mol. The van der Waals surface area contributed by atoms with Gasteiger partial charge in [0.1, 0.15) is 23.1 Å². The van der Waals surface area contributed by atoms with Gasteiger partial charge in [0.2, 0.25) is 0 Å². The van der Waals surface area contributed by atoms with Gasteiger partial charge in [-0.15, -0.1) is 11.3 Å². The van der Waals surface area contributed by atoms with Crippen LogP contribution in [0.5, 0.6) is 11.5 Å². The second-order valence-electron chi connectivity index (χ2n) is 5.12. The fourth-order valence-corrected chi connectivity index (χ4v) is 2.78. The number of aryl methyl sites for hydroxylation is 1. The zero-order valence-electron chi connectivity index (χ0n) is 13.0. The van der Waals surface area contributed by atoms with Gasteiger partial charge < -0.3 is 14.8 Å². The molecule has 1 heterocycles. The van der Waals surface area contributed by atoms with Gasteiger partial charge in [0.05, 0.1) is 12.8 Å². The lowest BCUT2D eigenvalue weighted by Crippen LogP contribution is -2.21. The van der Waals surface area contributed by atoms with Gasteiger partial charge in [-0.25, -0.2) is 4.98 Å². The lowest BCUT2D eigenvalue weighted by Gasteiger charge is -2.06. The molecule has 1 aromatic heterocycles. The van der Waals surface area contributed by atoms with Crippen molar-refractivity contribution in [3.05, 3.63) is 39.8 Å². The molecule has 0 unspecified atom stereocenters. The molecule has 4 nitrogen and oxygen atoms in total. The van der Waals surface area contributed by atoms with Crippen LogP contribution in [0.15, 0.2) is 24.3 Å². The Kier molecular flexibility index (Phi) is 5.59. The molecule has 1 aromatic carbocycles. The number of aromatic nitrogens is 1. The molecule has 0 spiro atoms. The Morgan fingerprint density at radius 2 is 2.05 bits per heavy atom. The Hall–Kier alpha value is -1.59. The number of hydrogen-bond acceptors (Lipinski definition) is 5. The van der Waals surface area contributed by atoms with Crippen LogP contribution >= 0.6 is 11.3 Å². The monoisotopic (exact) mass is 306 g/mol. The summed E-state index contributed by atoms with van der Waals surface area (Å²) in [5.41, 5.74) is 1.08. The number of benzene rings is 1. The van der Waals surface area contributed by atoms with Crippen LogP contribution in [-0.2, 0) is 13.2 Å².